The molecule has 6 nitrogen and oxygen atoms in total. The highest BCUT2D eigenvalue weighted by Gasteiger charge is 2.16. The molecule has 2 aromatic carbocycles. The summed E-state index contributed by atoms with van der Waals surface area (Å²) in [5, 5.41) is 0. The topological polar surface area (TPSA) is 71.1 Å². The minimum absolute atomic E-state index is 0.0868. The molecule has 0 spiro atoms. The molecule has 0 aromatic heterocycles. The van der Waals surface area contributed by atoms with Crippen LogP contribution in [0.4, 0.5) is 0 Å². The van der Waals surface area contributed by atoms with E-state index in [0.29, 0.717) is 36.0 Å². The second kappa shape index (κ2) is 8.02. The van der Waals surface area contributed by atoms with Crippen molar-refractivity contribution in [2.24, 2.45) is 0 Å². The van der Waals surface area contributed by atoms with Gasteiger partial charge in [0.05, 0.1) is 0 Å². The number of aldehydes is 1. The Balaban J connectivity index is 1.52. The first-order chi connectivity index (χ1) is 12.2. The zero-order valence-electron chi connectivity index (χ0n) is 13.2. The van der Waals surface area contributed by atoms with Gasteiger partial charge < -0.3 is 18.9 Å². The van der Waals surface area contributed by atoms with Gasteiger partial charge in [-0.2, -0.15) is 0 Å². The third-order valence-electron chi connectivity index (χ3n) is 3.47. The normalized spacial score (nSPS) is 12.4. The van der Waals surface area contributed by atoms with Crippen molar-refractivity contribution in [1.29, 1.82) is 0 Å². The Morgan fingerprint density at radius 3 is 2.48 bits per heavy atom. The molecule has 0 saturated carbocycles. The Bertz CT molecular complexity index is 772. The second-order valence-corrected chi connectivity index (χ2v) is 6.08. The molecule has 7 heteroatoms. The Morgan fingerprint density at radius 2 is 1.80 bits per heavy atom. The predicted molar refractivity (Wildman–Crippen MR) is 92.3 cm³/mol. The first-order valence-electron chi connectivity index (χ1n) is 7.57. The smallest absolute Gasteiger partial charge is 0.344 e. The molecule has 0 amide bonds. The third-order valence-corrected chi connectivity index (χ3v) is 4.21. The summed E-state index contributed by atoms with van der Waals surface area (Å²) < 4.78 is 22.3. The van der Waals surface area contributed by atoms with Gasteiger partial charge in [0, 0.05) is 15.6 Å². The molecule has 0 atom stereocenters. The highest BCUT2D eigenvalue weighted by molar-refractivity contribution is 9.10. The summed E-state index contributed by atoms with van der Waals surface area (Å²) in [4.78, 5) is 22.4. The van der Waals surface area contributed by atoms with Gasteiger partial charge in [-0.1, -0.05) is 15.9 Å². The fourth-order valence-electron chi connectivity index (χ4n) is 2.20. The van der Waals surface area contributed by atoms with Crippen molar-refractivity contribution in [2.75, 3.05) is 19.8 Å². The minimum atomic E-state index is -0.499. The van der Waals surface area contributed by atoms with E-state index in [-0.39, 0.29) is 13.2 Å². The van der Waals surface area contributed by atoms with Gasteiger partial charge in [-0.15, -0.1) is 0 Å². The van der Waals surface area contributed by atoms with E-state index in [1.165, 1.54) is 0 Å². The Morgan fingerprint density at radius 1 is 1.12 bits per heavy atom. The van der Waals surface area contributed by atoms with Gasteiger partial charge in [0.15, 0.2) is 18.1 Å². The van der Waals surface area contributed by atoms with Gasteiger partial charge in [0.2, 0.25) is 0 Å². The van der Waals surface area contributed by atoms with Crippen molar-refractivity contribution in [1.82, 2.24) is 0 Å². The first kappa shape index (κ1) is 17.3. The number of esters is 1. The lowest BCUT2D eigenvalue weighted by Crippen LogP contribution is -2.17. The maximum Gasteiger partial charge on any atom is 0.344 e. The zero-order valence-corrected chi connectivity index (χ0v) is 14.8. The number of carbonyl (C=O) groups excluding carboxylic acids is 2. The monoisotopic (exact) mass is 406 g/mol. The highest BCUT2D eigenvalue weighted by Crippen LogP contribution is 2.35. The first-order valence-corrected chi connectivity index (χ1v) is 8.36. The van der Waals surface area contributed by atoms with Crippen molar-refractivity contribution in [2.45, 2.75) is 6.61 Å². The van der Waals surface area contributed by atoms with Crippen LogP contribution in [0, 0.1) is 0 Å². The molecule has 130 valence electrons. The molecule has 1 aliphatic heterocycles. The van der Waals surface area contributed by atoms with E-state index in [0.717, 1.165) is 16.3 Å². The standard InChI is InChI=1S/C18H15BrO6/c19-15-8-17-16(22-5-6-23-17)7-13(15)10-25-18(21)11-24-14-3-1-12(9-20)2-4-14/h1-4,7-9H,5-6,10-11H2. The number of ether oxygens (including phenoxy) is 4. The van der Waals surface area contributed by atoms with E-state index < -0.39 is 5.97 Å². The molecule has 0 fully saturated rings. The predicted octanol–water partition coefficient (Wildman–Crippen LogP) is 3.16. The molecule has 3 rings (SSSR count). The van der Waals surface area contributed by atoms with Crippen LogP contribution in [0.3, 0.4) is 0 Å². The van der Waals surface area contributed by atoms with Gasteiger partial charge in [-0.05, 0) is 36.4 Å². The second-order valence-electron chi connectivity index (χ2n) is 5.22. The molecule has 0 saturated heterocycles. The maximum absolute atomic E-state index is 11.8. The zero-order chi connectivity index (χ0) is 17.6. The Labute approximate surface area is 152 Å². The number of benzene rings is 2. The maximum atomic E-state index is 11.8. The summed E-state index contributed by atoms with van der Waals surface area (Å²) >= 11 is 3.43. The largest absolute Gasteiger partial charge is 0.486 e. The average Bonchev–Trinajstić information content (AvgIpc) is 2.65. The van der Waals surface area contributed by atoms with Crippen LogP contribution >= 0.6 is 15.9 Å². The van der Waals surface area contributed by atoms with E-state index in [1.54, 1.807) is 36.4 Å². The van der Waals surface area contributed by atoms with Gasteiger partial charge >= 0.3 is 5.97 Å². The van der Waals surface area contributed by atoms with Crippen molar-refractivity contribution < 1.29 is 28.5 Å². The summed E-state index contributed by atoms with van der Waals surface area (Å²) in [5.74, 6) is 1.28. The van der Waals surface area contributed by atoms with E-state index in [4.69, 9.17) is 18.9 Å². The van der Waals surface area contributed by atoms with Gasteiger partial charge in [0.1, 0.15) is 31.9 Å². The number of hydrogen-bond donors (Lipinski definition) is 0. The van der Waals surface area contributed by atoms with Gasteiger partial charge in [-0.25, -0.2) is 4.79 Å². The van der Waals surface area contributed by atoms with Crippen LogP contribution in [0.25, 0.3) is 0 Å². The fourth-order valence-corrected chi connectivity index (χ4v) is 2.64. The lowest BCUT2D eigenvalue weighted by molar-refractivity contribution is -0.147. The number of halogens is 1. The third kappa shape index (κ3) is 4.51. The highest BCUT2D eigenvalue weighted by atomic mass is 79.9. The van der Waals surface area contributed by atoms with Crippen LogP contribution in [-0.2, 0) is 16.1 Å². The quantitative estimate of drug-likeness (QED) is 0.541. The lowest BCUT2D eigenvalue weighted by atomic mass is 10.2. The van der Waals surface area contributed by atoms with Crippen molar-refractivity contribution in [3.8, 4) is 17.2 Å². The van der Waals surface area contributed by atoms with Crippen LogP contribution in [0.1, 0.15) is 15.9 Å². The fraction of sp³-hybridized carbons (Fsp3) is 0.222. The molecule has 0 unspecified atom stereocenters. The van der Waals surface area contributed by atoms with Gasteiger partial charge in [0.25, 0.3) is 0 Å². The number of carbonyl (C=O) groups is 2. The van der Waals surface area contributed by atoms with Crippen LogP contribution in [-0.4, -0.2) is 32.1 Å². The summed E-state index contributed by atoms with van der Waals surface area (Å²) in [6.45, 7) is 0.871. The summed E-state index contributed by atoms with van der Waals surface area (Å²) in [7, 11) is 0. The van der Waals surface area contributed by atoms with Crippen LogP contribution < -0.4 is 14.2 Å². The minimum Gasteiger partial charge on any atom is -0.486 e. The Hall–Kier alpha value is -2.54. The molecule has 25 heavy (non-hydrogen) atoms. The van der Waals surface area contributed by atoms with E-state index in [2.05, 4.69) is 15.9 Å². The van der Waals surface area contributed by atoms with Crippen molar-refractivity contribution in [3.05, 3.63) is 52.0 Å². The van der Waals surface area contributed by atoms with E-state index >= 15 is 0 Å². The summed E-state index contributed by atoms with van der Waals surface area (Å²) in [6.07, 6.45) is 0.739. The molecule has 0 aliphatic carbocycles. The van der Waals surface area contributed by atoms with E-state index in [9.17, 15) is 9.59 Å². The number of fused-ring (bicyclic) bond motifs is 1. The molecule has 0 radical (unpaired) electrons. The number of hydrogen-bond acceptors (Lipinski definition) is 6. The van der Waals surface area contributed by atoms with Crippen LogP contribution in [0.15, 0.2) is 40.9 Å². The molecular formula is C18H15BrO6. The van der Waals surface area contributed by atoms with Crippen LogP contribution in [0.5, 0.6) is 17.2 Å². The summed E-state index contributed by atoms with van der Waals surface area (Å²) in [6, 6.07) is 10.0. The Kier molecular flexibility index (Phi) is 5.55. The summed E-state index contributed by atoms with van der Waals surface area (Å²) in [5.41, 5.74) is 1.31. The van der Waals surface area contributed by atoms with Crippen molar-refractivity contribution >= 4 is 28.2 Å². The average molecular weight is 407 g/mol. The molecule has 2 aromatic rings. The van der Waals surface area contributed by atoms with Crippen LogP contribution in [0.2, 0.25) is 0 Å². The lowest BCUT2D eigenvalue weighted by Gasteiger charge is -2.19. The SMILES string of the molecule is O=Cc1ccc(OCC(=O)OCc2cc3c(cc2Br)OCCO3)cc1. The molecule has 0 N–H and O–H groups in total. The van der Waals surface area contributed by atoms with Crippen molar-refractivity contribution in [3.63, 3.8) is 0 Å². The molecule has 1 heterocycles. The number of rotatable bonds is 6. The van der Waals surface area contributed by atoms with Gasteiger partial charge in [-0.3, -0.25) is 4.79 Å². The van der Waals surface area contributed by atoms with E-state index in [1.807, 2.05) is 0 Å². The molecular weight excluding hydrogens is 392 g/mol. The molecule has 0 bridgehead atoms. The molecule has 1 aliphatic rings.